The van der Waals surface area contributed by atoms with Gasteiger partial charge in [-0.2, -0.15) is 0 Å². The predicted octanol–water partition coefficient (Wildman–Crippen LogP) is 1.61. The fourth-order valence-corrected chi connectivity index (χ4v) is 3.82. The molecule has 0 spiro atoms. The van der Waals surface area contributed by atoms with Gasteiger partial charge in [0, 0.05) is 19.3 Å². The van der Waals surface area contributed by atoms with Gasteiger partial charge in [0.25, 0.3) is 0 Å². The fraction of sp³-hybridized carbons (Fsp3) is 0.312. The molecule has 1 aromatic heterocycles. The zero-order chi connectivity index (χ0) is 17.7. The maximum atomic E-state index is 12.0. The Morgan fingerprint density at radius 2 is 2.12 bits per heavy atom. The SMILES string of the molecule is CN(CCO)Cc1cc(N=C(N)c2cccs2)ccc1S(C)(=O)=O. The van der Waals surface area contributed by atoms with Crippen LogP contribution in [0.5, 0.6) is 0 Å². The minimum Gasteiger partial charge on any atom is -0.395 e. The van der Waals surface area contributed by atoms with Crippen molar-refractivity contribution in [3.8, 4) is 0 Å². The number of aliphatic hydroxyl groups is 1. The molecule has 0 amide bonds. The zero-order valence-electron chi connectivity index (χ0n) is 13.6. The summed E-state index contributed by atoms with van der Waals surface area (Å²) in [7, 11) is -1.53. The van der Waals surface area contributed by atoms with Crippen molar-refractivity contribution in [3.05, 3.63) is 46.2 Å². The van der Waals surface area contributed by atoms with Gasteiger partial charge >= 0.3 is 0 Å². The summed E-state index contributed by atoms with van der Waals surface area (Å²) in [6, 6.07) is 8.70. The minimum absolute atomic E-state index is 0.00782. The van der Waals surface area contributed by atoms with E-state index in [1.54, 1.807) is 18.2 Å². The van der Waals surface area contributed by atoms with Gasteiger partial charge in [-0.05, 0) is 42.3 Å². The molecule has 0 atom stereocenters. The number of amidine groups is 1. The Morgan fingerprint density at radius 1 is 1.38 bits per heavy atom. The molecular weight excluding hydrogens is 346 g/mol. The maximum absolute atomic E-state index is 12.0. The highest BCUT2D eigenvalue weighted by Gasteiger charge is 2.15. The van der Waals surface area contributed by atoms with E-state index in [1.165, 1.54) is 17.6 Å². The minimum atomic E-state index is -3.35. The number of aliphatic imine (C=N–C) groups is 1. The molecular formula is C16H21N3O3S2. The molecule has 0 unspecified atom stereocenters. The van der Waals surface area contributed by atoms with E-state index in [2.05, 4.69) is 4.99 Å². The van der Waals surface area contributed by atoms with Gasteiger partial charge in [0.15, 0.2) is 9.84 Å². The summed E-state index contributed by atoms with van der Waals surface area (Å²) in [5, 5.41) is 10.9. The lowest BCUT2D eigenvalue weighted by molar-refractivity contribution is 0.216. The Hall–Kier alpha value is -1.74. The van der Waals surface area contributed by atoms with E-state index in [-0.39, 0.29) is 11.5 Å². The highest BCUT2D eigenvalue weighted by Crippen LogP contribution is 2.24. The number of rotatable bonds is 7. The molecule has 8 heteroatoms. The molecule has 0 saturated carbocycles. The lowest BCUT2D eigenvalue weighted by atomic mass is 10.2. The van der Waals surface area contributed by atoms with Gasteiger partial charge in [-0.3, -0.25) is 4.90 Å². The molecule has 130 valence electrons. The van der Waals surface area contributed by atoms with E-state index >= 15 is 0 Å². The number of hydrogen-bond acceptors (Lipinski definition) is 6. The zero-order valence-corrected chi connectivity index (χ0v) is 15.3. The largest absolute Gasteiger partial charge is 0.395 e. The van der Waals surface area contributed by atoms with Crippen LogP contribution in [0.15, 0.2) is 45.6 Å². The maximum Gasteiger partial charge on any atom is 0.175 e. The molecule has 0 aliphatic rings. The van der Waals surface area contributed by atoms with Crippen molar-refractivity contribution in [2.75, 3.05) is 26.5 Å². The van der Waals surface area contributed by atoms with Crippen LogP contribution in [0.4, 0.5) is 5.69 Å². The third kappa shape index (κ3) is 4.88. The second kappa shape index (κ2) is 7.89. The third-order valence-electron chi connectivity index (χ3n) is 3.39. The number of nitrogens with two attached hydrogens (primary N) is 1. The number of hydrogen-bond donors (Lipinski definition) is 2. The number of sulfone groups is 1. The summed E-state index contributed by atoms with van der Waals surface area (Å²) in [5.74, 6) is 0.395. The monoisotopic (exact) mass is 367 g/mol. The van der Waals surface area contributed by atoms with Crippen LogP contribution < -0.4 is 5.73 Å². The van der Waals surface area contributed by atoms with E-state index in [0.717, 1.165) is 4.88 Å². The van der Waals surface area contributed by atoms with Crippen molar-refractivity contribution in [1.29, 1.82) is 0 Å². The van der Waals surface area contributed by atoms with E-state index in [0.29, 0.717) is 30.2 Å². The van der Waals surface area contributed by atoms with Gasteiger partial charge in [-0.15, -0.1) is 11.3 Å². The number of benzene rings is 1. The standard InChI is InChI=1S/C16H21N3O3S2/c1-19(7-8-20)11-12-10-13(5-6-15(12)24(2,21)22)18-16(17)14-4-3-9-23-14/h3-6,9-10,20H,7-8,11H2,1-2H3,(H2,17,18). The Labute approximate surface area is 146 Å². The van der Waals surface area contributed by atoms with Crippen molar-refractivity contribution in [3.63, 3.8) is 0 Å². The van der Waals surface area contributed by atoms with E-state index in [4.69, 9.17) is 10.8 Å². The van der Waals surface area contributed by atoms with Crippen molar-refractivity contribution < 1.29 is 13.5 Å². The van der Waals surface area contributed by atoms with E-state index in [9.17, 15) is 8.42 Å². The molecule has 0 bridgehead atoms. The first kappa shape index (κ1) is 18.6. The molecule has 1 heterocycles. The van der Waals surface area contributed by atoms with E-state index in [1.807, 2.05) is 29.5 Å². The second-order valence-electron chi connectivity index (χ2n) is 5.50. The summed E-state index contributed by atoms with van der Waals surface area (Å²) in [4.78, 5) is 7.35. The molecule has 2 rings (SSSR count). The number of nitrogens with zero attached hydrogens (tertiary/aromatic N) is 2. The number of likely N-dealkylation sites (N-methyl/N-ethyl adjacent to an activating group) is 1. The molecule has 0 fully saturated rings. The van der Waals surface area contributed by atoms with Crippen LogP contribution in [-0.4, -0.2) is 50.7 Å². The van der Waals surface area contributed by atoms with Gasteiger partial charge in [-0.1, -0.05) is 6.07 Å². The number of thiophene rings is 1. The molecule has 1 aromatic carbocycles. The predicted molar refractivity (Wildman–Crippen MR) is 97.7 cm³/mol. The first-order valence-corrected chi connectivity index (χ1v) is 10.1. The van der Waals surface area contributed by atoms with Crippen LogP contribution in [0.25, 0.3) is 0 Å². The molecule has 2 aromatic rings. The van der Waals surface area contributed by atoms with Crippen LogP contribution in [0.1, 0.15) is 10.4 Å². The summed E-state index contributed by atoms with van der Waals surface area (Å²) in [6.45, 7) is 0.854. The molecule has 3 N–H and O–H groups in total. The lowest BCUT2D eigenvalue weighted by Gasteiger charge is -2.17. The quantitative estimate of drug-likeness (QED) is 0.572. The van der Waals surface area contributed by atoms with Gasteiger partial charge < -0.3 is 10.8 Å². The first-order chi connectivity index (χ1) is 11.3. The Kier molecular flexibility index (Phi) is 6.11. The highest BCUT2D eigenvalue weighted by atomic mass is 32.2. The van der Waals surface area contributed by atoms with Crippen LogP contribution in [0.3, 0.4) is 0 Å². The Bertz CT molecular complexity index is 815. The lowest BCUT2D eigenvalue weighted by Crippen LogP contribution is -2.22. The summed E-state index contributed by atoms with van der Waals surface area (Å²) >= 11 is 1.49. The van der Waals surface area contributed by atoms with Crippen molar-refractivity contribution >= 4 is 32.7 Å². The smallest absolute Gasteiger partial charge is 0.175 e. The van der Waals surface area contributed by atoms with Crippen molar-refractivity contribution in [2.24, 2.45) is 10.7 Å². The second-order valence-corrected chi connectivity index (χ2v) is 8.43. The van der Waals surface area contributed by atoms with Gasteiger partial charge in [0.1, 0.15) is 5.84 Å². The average molecular weight is 367 g/mol. The average Bonchev–Trinajstić information content (AvgIpc) is 3.00. The molecule has 0 aliphatic carbocycles. The molecule has 24 heavy (non-hydrogen) atoms. The summed E-state index contributed by atoms with van der Waals surface area (Å²) in [5.41, 5.74) is 7.22. The molecule has 0 radical (unpaired) electrons. The topological polar surface area (TPSA) is 96.0 Å². The summed E-state index contributed by atoms with van der Waals surface area (Å²) < 4.78 is 24.0. The van der Waals surface area contributed by atoms with Gasteiger partial charge in [0.2, 0.25) is 0 Å². The summed E-state index contributed by atoms with van der Waals surface area (Å²) in [6.07, 6.45) is 1.18. The van der Waals surface area contributed by atoms with Crippen molar-refractivity contribution in [1.82, 2.24) is 4.90 Å². The first-order valence-electron chi connectivity index (χ1n) is 7.31. The fourth-order valence-electron chi connectivity index (χ4n) is 2.28. The Balaban J connectivity index is 2.40. The Morgan fingerprint density at radius 3 is 2.71 bits per heavy atom. The third-order valence-corrected chi connectivity index (χ3v) is 5.48. The van der Waals surface area contributed by atoms with Gasteiger partial charge in [-0.25, -0.2) is 13.4 Å². The van der Waals surface area contributed by atoms with Crippen LogP contribution >= 0.6 is 11.3 Å². The van der Waals surface area contributed by atoms with E-state index < -0.39 is 9.84 Å². The van der Waals surface area contributed by atoms with Crippen LogP contribution in [0.2, 0.25) is 0 Å². The van der Waals surface area contributed by atoms with Gasteiger partial charge in [0.05, 0.1) is 22.1 Å². The number of aliphatic hydroxyl groups excluding tert-OH is 1. The normalized spacial score (nSPS) is 12.8. The molecule has 0 aliphatic heterocycles. The highest BCUT2D eigenvalue weighted by molar-refractivity contribution is 7.90. The molecule has 0 saturated heterocycles. The van der Waals surface area contributed by atoms with Crippen LogP contribution in [-0.2, 0) is 16.4 Å². The molecule has 6 nitrogen and oxygen atoms in total. The van der Waals surface area contributed by atoms with Crippen LogP contribution in [0, 0.1) is 0 Å². The van der Waals surface area contributed by atoms with Crippen molar-refractivity contribution in [2.45, 2.75) is 11.4 Å².